The summed E-state index contributed by atoms with van der Waals surface area (Å²) >= 11 is 0. The fraction of sp³-hybridized carbons (Fsp3) is 0.909. The van der Waals surface area contributed by atoms with Gasteiger partial charge in [-0.05, 0) is 39.2 Å². The van der Waals surface area contributed by atoms with Gasteiger partial charge in [0.1, 0.15) is 0 Å². The third-order valence-electron chi connectivity index (χ3n) is 3.17. The van der Waals surface area contributed by atoms with Gasteiger partial charge >= 0.3 is 0 Å². The van der Waals surface area contributed by atoms with Crippen LogP contribution in [0, 0.1) is 5.92 Å². The summed E-state index contributed by atoms with van der Waals surface area (Å²) in [6.45, 7) is 5.26. The van der Waals surface area contributed by atoms with Crippen LogP contribution in [0.4, 0.5) is 0 Å². The molecule has 0 spiro atoms. The van der Waals surface area contributed by atoms with Crippen molar-refractivity contribution in [3.63, 3.8) is 0 Å². The Kier molecular flexibility index (Phi) is 5.05. The third-order valence-corrected chi connectivity index (χ3v) is 3.17. The lowest BCUT2D eigenvalue weighted by Crippen LogP contribution is -2.48. The molecule has 4 nitrogen and oxygen atoms in total. The molecule has 0 aliphatic heterocycles. The van der Waals surface area contributed by atoms with Gasteiger partial charge in [-0.1, -0.05) is 6.42 Å². The first-order valence-electron chi connectivity index (χ1n) is 5.92. The first-order chi connectivity index (χ1) is 7.19. The predicted molar refractivity (Wildman–Crippen MR) is 61.5 cm³/mol. The molecule has 1 saturated carbocycles. The monoisotopic (exact) mass is 213 g/mol. The van der Waals surface area contributed by atoms with Crippen LogP contribution >= 0.6 is 0 Å². The molecule has 1 fully saturated rings. The summed E-state index contributed by atoms with van der Waals surface area (Å²) in [7, 11) is 0. The molecule has 0 aromatic heterocycles. The highest BCUT2D eigenvalue weighted by Crippen LogP contribution is 2.24. The molecule has 3 unspecified atom stereocenters. The summed E-state index contributed by atoms with van der Waals surface area (Å²) in [6.07, 6.45) is 3.56. The molecule has 1 rings (SSSR count). The Labute approximate surface area is 92.0 Å². The second-order valence-corrected chi connectivity index (χ2v) is 4.32. The maximum Gasteiger partial charge on any atom is 0.236 e. The number of carbonyl (C=O) groups is 1. The lowest BCUT2D eigenvalue weighted by atomic mass is 10.0. The Hall–Kier alpha value is -0.610. The van der Waals surface area contributed by atoms with Crippen molar-refractivity contribution in [1.29, 1.82) is 0 Å². The molecule has 0 aromatic rings. The van der Waals surface area contributed by atoms with E-state index in [2.05, 4.69) is 10.6 Å². The van der Waals surface area contributed by atoms with Crippen molar-refractivity contribution in [1.82, 2.24) is 10.6 Å². The number of rotatable bonds is 5. The molecule has 3 atom stereocenters. The fourth-order valence-corrected chi connectivity index (χ4v) is 2.26. The first-order valence-corrected chi connectivity index (χ1v) is 5.92. The van der Waals surface area contributed by atoms with Crippen molar-refractivity contribution in [3.8, 4) is 0 Å². The Balaban J connectivity index is 2.36. The second kappa shape index (κ2) is 6.08. The summed E-state index contributed by atoms with van der Waals surface area (Å²) < 4.78 is 0. The third kappa shape index (κ3) is 3.47. The molecule has 15 heavy (non-hydrogen) atoms. The number of nitrogens with one attached hydrogen (secondary N) is 2. The Morgan fingerprint density at radius 1 is 1.53 bits per heavy atom. The maximum absolute atomic E-state index is 11.5. The summed E-state index contributed by atoms with van der Waals surface area (Å²) in [5.74, 6) is 0.627. The molecule has 1 aliphatic carbocycles. The van der Waals surface area contributed by atoms with E-state index in [4.69, 9.17) is 5.73 Å². The van der Waals surface area contributed by atoms with Crippen LogP contribution in [0.2, 0.25) is 0 Å². The van der Waals surface area contributed by atoms with Gasteiger partial charge in [0.05, 0.1) is 6.04 Å². The molecule has 0 saturated heterocycles. The molecule has 4 heteroatoms. The largest absolute Gasteiger partial charge is 0.355 e. The van der Waals surface area contributed by atoms with Gasteiger partial charge in [0.25, 0.3) is 0 Å². The Bertz CT molecular complexity index is 208. The second-order valence-electron chi connectivity index (χ2n) is 4.32. The van der Waals surface area contributed by atoms with Gasteiger partial charge in [0, 0.05) is 12.6 Å². The van der Waals surface area contributed by atoms with Crippen LogP contribution in [-0.2, 0) is 4.79 Å². The van der Waals surface area contributed by atoms with E-state index >= 15 is 0 Å². The normalized spacial score (nSPS) is 27.7. The van der Waals surface area contributed by atoms with Crippen LogP contribution in [0.15, 0.2) is 0 Å². The lowest BCUT2D eigenvalue weighted by molar-refractivity contribution is -0.122. The van der Waals surface area contributed by atoms with Crippen molar-refractivity contribution in [2.75, 3.05) is 13.1 Å². The minimum atomic E-state index is -0.109. The quantitative estimate of drug-likeness (QED) is 0.612. The van der Waals surface area contributed by atoms with E-state index in [1.54, 1.807) is 0 Å². The minimum Gasteiger partial charge on any atom is -0.355 e. The highest BCUT2D eigenvalue weighted by atomic mass is 16.2. The van der Waals surface area contributed by atoms with Gasteiger partial charge in [-0.15, -0.1) is 0 Å². The summed E-state index contributed by atoms with van der Waals surface area (Å²) in [6, 6.07) is 0.315. The SMILES string of the molecule is CCNC(=O)C(C)NC1CCCC1CN. The number of hydrogen-bond acceptors (Lipinski definition) is 3. The van der Waals surface area contributed by atoms with E-state index in [1.165, 1.54) is 12.8 Å². The minimum absolute atomic E-state index is 0.0835. The molecule has 4 N–H and O–H groups in total. The molecule has 0 bridgehead atoms. The number of amides is 1. The highest BCUT2D eigenvalue weighted by molar-refractivity contribution is 5.81. The number of nitrogens with two attached hydrogens (primary N) is 1. The van der Waals surface area contributed by atoms with Gasteiger partial charge in [-0.3, -0.25) is 4.79 Å². The molecule has 1 amide bonds. The van der Waals surface area contributed by atoms with Crippen molar-refractivity contribution < 1.29 is 4.79 Å². The predicted octanol–water partition coefficient (Wildman–Crippen LogP) is 0.228. The van der Waals surface area contributed by atoms with Crippen LogP contribution < -0.4 is 16.4 Å². The maximum atomic E-state index is 11.5. The van der Waals surface area contributed by atoms with Gasteiger partial charge in [-0.25, -0.2) is 0 Å². The molecular formula is C11H23N3O. The average molecular weight is 213 g/mol. The summed E-state index contributed by atoms with van der Waals surface area (Å²) in [4.78, 5) is 11.5. The molecule has 0 aromatic carbocycles. The van der Waals surface area contributed by atoms with Gasteiger partial charge in [0.15, 0.2) is 0 Å². The first kappa shape index (κ1) is 12.5. The Morgan fingerprint density at radius 3 is 2.87 bits per heavy atom. The number of likely N-dealkylation sites (N-methyl/N-ethyl adjacent to an activating group) is 1. The molecular weight excluding hydrogens is 190 g/mol. The van der Waals surface area contributed by atoms with Gasteiger partial charge in [0.2, 0.25) is 5.91 Å². The van der Waals surface area contributed by atoms with E-state index in [0.717, 1.165) is 13.0 Å². The lowest BCUT2D eigenvalue weighted by Gasteiger charge is -2.23. The average Bonchev–Trinajstić information content (AvgIpc) is 2.65. The Morgan fingerprint density at radius 2 is 2.27 bits per heavy atom. The van der Waals surface area contributed by atoms with Crippen molar-refractivity contribution in [2.24, 2.45) is 11.7 Å². The van der Waals surface area contributed by atoms with E-state index < -0.39 is 0 Å². The van der Waals surface area contributed by atoms with Crippen molar-refractivity contribution >= 4 is 5.91 Å². The molecule has 1 aliphatic rings. The van der Waals surface area contributed by atoms with Crippen molar-refractivity contribution in [3.05, 3.63) is 0 Å². The molecule has 0 heterocycles. The zero-order valence-electron chi connectivity index (χ0n) is 9.75. The van der Waals surface area contributed by atoms with Gasteiger partial charge in [-0.2, -0.15) is 0 Å². The van der Waals surface area contributed by atoms with Crippen LogP contribution in [0.1, 0.15) is 33.1 Å². The highest BCUT2D eigenvalue weighted by Gasteiger charge is 2.28. The van der Waals surface area contributed by atoms with Crippen LogP contribution in [0.5, 0.6) is 0 Å². The van der Waals surface area contributed by atoms with Crippen LogP contribution in [0.25, 0.3) is 0 Å². The van der Waals surface area contributed by atoms with E-state index in [0.29, 0.717) is 18.5 Å². The molecule has 88 valence electrons. The zero-order chi connectivity index (χ0) is 11.3. The number of hydrogen-bond donors (Lipinski definition) is 3. The molecule has 0 radical (unpaired) electrons. The fourth-order valence-electron chi connectivity index (χ4n) is 2.26. The van der Waals surface area contributed by atoms with E-state index in [1.807, 2.05) is 13.8 Å². The van der Waals surface area contributed by atoms with E-state index in [-0.39, 0.29) is 11.9 Å². The van der Waals surface area contributed by atoms with Crippen LogP contribution in [-0.4, -0.2) is 31.1 Å². The van der Waals surface area contributed by atoms with E-state index in [9.17, 15) is 4.79 Å². The summed E-state index contributed by atoms with van der Waals surface area (Å²) in [5.41, 5.74) is 5.69. The zero-order valence-corrected chi connectivity index (χ0v) is 9.75. The smallest absolute Gasteiger partial charge is 0.236 e. The number of carbonyl (C=O) groups excluding carboxylic acids is 1. The van der Waals surface area contributed by atoms with Crippen molar-refractivity contribution in [2.45, 2.75) is 45.2 Å². The van der Waals surface area contributed by atoms with Gasteiger partial charge < -0.3 is 16.4 Å². The summed E-state index contributed by atoms with van der Waals surface area (Å²) in [5, 5.41) is 6.19. The topological polar surface area (TPSA) is 67.2 Å². The standard InChI is InChI=1S/C11H23N3O/c1-3-13-11(15)8(2)14-10-6-4-5-9(10)7-12/h8-10,14H,3-7,12H2,1-2H3,(H,13,15). The van der Waals surface area contributed by atoms with Crippen LogP contribution in [0.3, 0.4) is 0 Å².